The van der Waals surface area contributed by atoms with Gasteiger partial charge >= 0.3 is 6.03 Å². The van der Waals surface area contributed by atoms with Gasteiger partial charge in [0.15, 0.2) is 0 Å². The van der Waals surface area contributed by atoms with E-state index in [1.807, 2.05) is 6.92 Å². The molecule has 2 aromatic heterocycles. The standard InChI is InChI=1S/C26H30FN7O3/c1-5-20(17-12-15(2)6-7-19(17)27)31-26(37)34-22(24(36)33(4)25-30-10-11-32(25)3)18(23(34)35)13-16-8-9-29-21(28)14-16/h6-12,14,18,20,22H,5,13H2,1-4H3,(H2,28,29)(H,31,37)/t18-,20-,22+/m1/s1. The summed E-state index contributed by atoms with van der Waals surface area (Å²) in [6, 6.07) is 5.48. The molecule has 3 aromatic rings. The number of aryl methyl sites for hydroxylation is 2. The van der Waals surface area contributed by atoms with Gasteiger partial charge in [-0.25, -0.2) is 19.2 Å². The number of amides is 4. The minimum atomic E-state index is -1.08. The van der Waals surface area contributed by atoms with Crippen LogP contribution in [0, 0.1) is 18.7 Å². The maximum atomic E-state index is 14.6. The smallest absolute Gasteiger partial charge is 0.325 e. The van der Waals surface area contributed by atoms with Gasteiger partial charge in [-0.1, -0.05) is 24.6 Å². The fourth-order valence-electron chi connectivity index (χ4n) is 4.66. The molecule has 4 rings (SSSR count). The summed E-state index contributed by atoms with van der Waals surface area (Å²) in [6.45, 7) is 3.63. The number of halogens is 1. The van der Waals surface area contributed by atoms with Crippen molar-refractivity contribution in [2.45, 2.75) is 38.8 Å². The van der Waals surface area contributed by atoms with E-state index in [1.165, 1.54) is 17.2 Å². The summed E-state index contributed by atoms with van der Waals surface area (Å²) in [6.07, 6.45) is 5.35. The quantitative estimate of drug-likeness (QED) is 0.474. The Bertz CT molecular complexity index is 1340. The molecule has 11 heteroatoms. The van der Waals surface area contributed by atoms with Crippen molar-refractivity contribution in [2.24, 2.45) is 13.0 Å². The van der Waals surface area contributed by atoms with Gasteiger partial charge in [-0.05, 0) is 43.5 Å². The first-order chi connectivity index (χ1) is 17.6. The number of imide groups is 1. The summed E-state index contributed by atoms with van der Waals surface area (Å²) < 4.78 is 16.2. The number of anilines is 2. The number of nitrogens with two attached hydrogens (primary N) is 1. The van der Waals surface area contributed by atoms with E-state index in [1.54, 1.807) is 62.2 Å². The molecular formula is C26H30FN7O3. The average molecular weight is 508 g/mol. The Labute approximate surface area is 214 Å². The predicted octanol–water partition coefficient (Wildman–Crippen LogP) is 2.74. The van der Waals surface area contributed by atoms with E-state index >= 15 is 0 Å². The summed E-state index contributed by atoms with van der Waals surface area (Å²) in [4.78, 5) is 50.7. The van der Waals surface area contributed by atoms with Crippen LogP contribution < -0.4 is 16.0 Å². The molecule has 1 saturated heterocycles. The molecule has 3 atom stereocenters. The van der Waals surface area contributed by atoms with Gasteiger partial charge in [0.1, 0.15) is 17.7 Å². The van der Waals surface area contributed by atoms with Crippen LogP contribution in [0.25, 0.3) is 0 Å². The summed E-state index contributed by atoms with van der Waals surface area (Å²) in [5.41, 5.74) is 7.67. The number of carbonyl (C=O) groups is 3. The van der Waals surface area contributed by atoms with E-state index in [0.29, 0.717) is 17.9 Å². The lowest BCUT2D eigenvalue weighted by molar-refractivity contribution is -0.156. The number of likely N-dealkylation sites (tertiary alicyclic amines) is 1. The Kier molecular flexibility index (Phi) is 7.23. The third-order valence-corrected chi connectivity index (χ3v) is 6.65. The molecule has 1 aliphatic heterocycles. The highest BCUT2D eigenvalue weighted by Gasteiger charge is 2.55. The number of β-lactam (4-membered cyclic amide) rings is 1. The van der Waals surface area contributed by atoms with Crippen molar-refractivity contribution in [2.75, 3.05) is 17.7 Å². The second-order valence-corrected chi connectivity index (χ2v) is 9.22. The molecule has 0 bridgehead atoms. The molecule has 3 N–H and O–H groups in total. The van der Waals surface area contributed by atoms with Gasteiger partial charge in [0.25, 0.3) is 5.91 Å². The first-order valence-electron chi connectivity index (χ1n) is 12.0. The van der Waals surface area contributed by atoms with Crippen LogP contribution in [-0.2, 0) is 23.1 Å². The van der Waals surface area contributed by atoms with Crippen LogP contribution in [0.1, 0.15) is 36.1 Å². The number of urea groups is 1. The average Bonchev–Trinajstić information content (AvgIpc) is 3.30. The Hall–Kier alpha value is -4.28. The van der Waals surface area contributed by atoms with Gasteiger partial charge in [0.2, 0.25) is 11.9 Å². The largest absolute Gasteiger partial charge is 0.384 e. The van der Waals surface area contributed by atoms with Crippen molar-refractivity contribution in [3.63, 3.8) is 0 Å². The zero-order valence-electron chi connectivity index (χ0n) is 21.2. The van der Waals surface area contributed by atoms with E-state index in [4.69, 9.17) is 5.73 Å². The summed E-state index contributed by atoms with van der Waals surface area (Å²) in [5, 5.41) is 2.75. The summed E-state index contributed by atoms with van der Waals surface area (Å²) >= 11 is 0. The van der Waals surface area contributed by atoms with Crippen LogP contribution >= 0.6 is 0 Å². The molecule has 0 saturated carbocycles. The van der Waals surface area contributed by atoms with Crippen LogP contribution in [-0.4, -0.2) is 50.4 Å². The fraction of sp³-hybridized carbons (Fsp3) is 0.346. The highest BCUT2D eigenvalue weighted by Crippen LogP contribution is 2.33. The maximum absolute atomic E-state index is 14.6. The topological polar surface area (TPSA) is 126 Å². The Morgan fingerprint density at radius 2 is 1.97 bits per heavy atom. The molecule has 4 amide bonds. The van der Waals surface area contributed by atoms with Crippen molar-refractivity contribution in [1.29, 1.82) is 0 Å². The van der Waals surface area contributed by atoms with E-state index in [0.717, 1.165) is 16.0 Å². The summed E-state index contributed by atoms with van der Waals surface area (Å²) in [5.74, 6) is -1.56. The second kappa shape index (κ2) is 10.4. The van der Waals surface area contributed by atoms with Crippen LogP contribution in [0.15, 0.2) is 48.9 Å². The molecule has 3 heterocycles. The number of nitrogens with zero attached hydrogens (tertiary/aromatic N) is 5. The van der Waals surface area contributed by atoms with E-state index < -0.39 is 41.7 Å². The zero-order chi connectivity index (χ0) is 26.9. The number of hydrogen-bond acceptors (Lipinski definition) is 6. The molecule has 194 valence electrons. The molecule has 0 aliphatic carbocycles. The Morgan fingerprint density at radius 3 is 2.62 bits per heavy atom. The minimum absolute atomic E-state index is 0.198. The van der Waals surface area contributed by atoms with Gasteiger partial charge in [-0.3, -0.25) is 19.4 Å². The molecule has 1 fully saturated rings. The Balaban J connectivity index is 1.62. The van der Waals surface area contributed by atoms with Crippen LogP contribution in [0.5, 0.6) is 0 Å². The van der Waals surface area contributed by atoms with Crippen molar-refractivity contribution >= 4 is 29.6 Å². The van der Waals surface area contributed by atoms with Gasteiger partial charge in [0.05, 0.1) is 12.0 Å². The number of pyridine rings is 1. The van der Waals surface area contributed by atoms with E-state index in [2.05, 4.69) is 15.3 Å². The fourth-order valence-corrected chi connectivity index (χ4v) is 4.66. The number of imidazole rings is 1. The van der Waals surface area contributed by atoms with Gasteiger partial charge < -0.3 is 15.6 Å². The zero-order valence-corrected chi connectivity index (χ0v) is 21.2. The maximum Gasteiger partial charge on any atom is 0.325 e. The molecular weight excluding hydrogens is 477 g/mol. The van der Waals surface area contributed by atoms with Gasteiger partial charge in [-0.15, -0.1) is 0 Å². The highest BCUT2D eigenvalue weighted by molar-refractivity contribution is 6.12. The molecule has 37 heavy (non-hydrogen) atoms. The molecule has 10 nitrogen and oxygen atoms in total. The summed E-state index contributed by atoms with van der Waals surface area (Å²) in [7, 11) is 3.28. The van der Waals surface area contributed by atoms with Crippen LogP contribution in [0.3, 0.4) is 0 Å². The lowest BCUT2D eigenvalue weighted by Gasteiger charge is -2.45. The second-order valence-electron chi connectivity index (χ2n) is 9.22. The van der Waals surface area contributed by atoms with Crippen LogP contribution in [0.4, 0.5) is 21.0 Å². The number of hydrogen-bond donors (Lipinski definition) is 2. The number of likely N-dealkylation sites (N-methyl/N-ethyl adjacent to an activating group) is 1. The Morgan fingerprint density at radius 1 is 1.22 bits per heavy atom. The van der Waals surface area contributed by atoms with Crippen molar-refractivity contribution in [3.8, 4) is 0 Å². The lowest BCUT2D eigenvalue weighted by Crippen LogP contribution is -2.70. The normalized spacial score (nSPS) is 17.8. The molecule has 1 aliphatic rings. The SMILES string of the molecule is CC[C@@H](NC(=O)N1C(=O)[C@H](Cc2ccnc(N)c2)[C@H]1C(=O)N(C)c1nccn1C)c1cc(C)ccc1F. The molecule has 0 spiro atoms. The number of rotatable bonds is 7. The lowest BCUT2D eigenvalue weighted by atomic mass is 9.81. The van der Waals surface area contributed by atoms with E-state index in [-0.39, 0.29) is 12.2 Å². The highest BCUT2D eigenvalue weighted by atomic mass is 19.1. The number of nitrogen functional groups attached to an aromatic ring is 1. The number of nitrogens with one attached hydrogen (secondary N) is 1. The monoisotopic (exact) mass is 507 g/mol. The van der Waals surface area contributed by atoms with Crippen molar-refractivity contribution in [3.05, 3.63) is 71.4 Å². The van der Waals surface area contributed by atoms with E-state index in [9.17, 15) is 18.8 Å². The third kappa shape index (κ3) is 5.02. The van der Waals surface area contributed by atoms with Gasteiger partial charge in [-0.2, -0.15) is 0 Å². The van der Waals surface area contributed by atoms with Crippen molar-refractivity contribution in [1.82, 2.24) is 24.8 Å². The van der Waals surface area contributed by atoms with Crippen LogP contribution in [0.2, 0.25) is 0 Å². The molecule has 1 aromatic carbocycles. The minimum Gasteiger partial charge on any atom is -0.384 e. The first kappa shape index (κ1) is 25.8. The first-order valence-corrected chi connectivity index (χ1v) is 12.0. The van der Waals surface area contributed by atoms with Gasteiger partial charge in [0, 0.05) is 38.2 Å². The third-order valence-electron chi connectivity index (χ3n) is 6.65. The van der Waals surface area contributed by atoms with Crippen molar-refractivity contribution < 1.29 is 18.8 Å². The number of benzene rings is 1. The number of carbonyl (C=O) groups excluding carboxylic acids is 3. The number of aromatic nitrogens is 3. The predicted molar refractivity (Wildman–Crippen MR) is 136 cm³/mol. The molecule has 0 unspecified atom stereocenters. The molecule has 0 radical (unpaired) electrons.